The highest BCUT2D eigenvalue weighted by Gasteiger charge is 2.38. The van der Waals surface area contributed by atoms with Gasteiger partial charge in [-0.2, -0.15) is 0 Å². The van der Waals surface area contributed by atoms with Crippen molar-refractivity contribution in [2.24, 2.45) is 0 Å². The Kier molecular flexibility index (Phi) is 5.43. The van der Waals surface area contributed by atoms with Gasteiger partial charge in [0.1, 0.15) is 17.5 Å². The second kappa shape index (κ2) is 8.15. The molecule has 0 bridgehead atoms. The molecule has 0 unspecified atom stereocenters. The summed E-state index contributed by atoms with van der Waals surface area (Å²) < 4.78 is 0. The van der Waals surface area contributed by atoms with Crippen molar-refractivity contribution >= 4 is 11.8 Å². The van der Waals surface area contributed by atoms with Crippen LogP contribution >= 0.6 is 0 Å². The van der Waals surface area contributed by atoms with E-state index in [1.807, 2.05) is 17.0 Å². The van der Waals surface area contributed by atoms with Crippen molar-refractivity contribution < 1.29 is 19.8 Å². The molecule has 6 heteroatoms. The van der Waals surface area contributed by atoms with Gasteiger partial charge in [0.25, 0.3) is 5.91 Å². The molecule has 29 heavy (non-hydrogen) atoms. The number of rotatable bonds is 3. The van der Waals surface area contributed by atoms with E-state index < -0.39 is 6.04 Å². The van der Waals surface area contributed by atoms with Crippen molar-refractivity contribution in [3.8, 4) is 11.5 Å². The molecule has 2 N–H and O–H groups in total. The number of aromatic hydroxyl groups is 2. The number of benzene rings is 2. The second-order valence-electron chi connectivity index (χ2n) is 7.86. The van der Waals surface area contributed by atoms with Gasteiger partial charge in [0.15, 0.2) is 0 Å². The number of nitrogens with zero attached hydrogens (tertiary/aromatic N) is 2. The number of para-hydroxylation sites is 1. The number of phenols is 2. The molecule has 0 spiro atoms. The molecule has 0 aliphatic carbocycles. The Bertz CT molecular complexity index is 888. The monoisotopic (exact) mass is 394 g/mol. The van der Waals surface area contributed by atoms with Gasteiger partial charge in [0, 0.05) is 19.6 Å². The highest BCUT2D eigenvalue weighted by atomic mass is 16.3. The summed E-state index contributed by atoms with van der Waals surface area (Å²) in [7, 11) is 0. The molecule has 6 nitrogen and oxygen atoms in total. The number of hydrogen-bond donors (Lipinski definition) is 2. The van der Waals surface area contributed by atoms with Crippen LogP contribution < -0.4 is 0 Å². The van der Waals surface area contributed by atoms with Crippen LogP contribution in [0.3, 0.4) is 0 Å². The second-order valence-corrected chi connectivity index (χ2v) is 7.86. The van der Waals surface area contributed by atoms with Gasteiger partial charge in [0.05, 0.1) is 5.56 Å². The summed E-state index contributed by atoms with van der Waals surface area (Å²) >= 11 is 0. The fraction of sp³-hybridized carbons (Fsp3) is 0.391. The van der Waals surface area contributed by atoms with Crippen LogP contribution in [0.4, 0.5) is 0 Å². The van der Waals surface area contributed by atoms with Crippen LogP contribution in [0.1, 0.15) is 47.5 Å². The van der Waals surface area contributed by atoms with Gasteiger partial charge in [-0.1, -0.05) is 24.3 Å². The van der Waals surface area contributed by atoms with Crippen LogP contribution in [0.25, 0.3) is 0 Å². The Hall–Kier alpha value is -3.02. The van der Waals surface area contributed by atoms with E-state index in [2.05, 4.69) is 0 Å². The van der Waals surface area contributed by atoms with Gasteiger partial charge in [-0.3, -0.25) is 9.59 Å². The van der Waals surface area contributed by atoms with E-state index in [4.69, 9.17) is 0 Å². The zero-order valence-electron chi connectivity index (χ0n) is 16.3. The summed E-state index contributed by atoms with van der Waals surface area (Å²) in [5.74, 6) is 0.317. The molecule has 2 aliphatic heterocycles. The Morgan fingerprint density at radius 2 is 1.55 bits per heavy atom. The standard InChI is InChI=1S/C23H26N2O4/c26-18-9-7-16(8-10-18)17-11-14-24(15-12-17)23(29)20-5-3-13-25(20)22(28)19-4-1-2-6-21(19)27/h1-2,4,6-10,17,20,26-27H,3,5,11-15H2/t20-/m1/s1. The van der Waals surface area contributed by atoms with Crippen molar-refractivity contribution in [3.05, 3.63) is 59.7 Å². The average Bonchev–Trinajstić information content (AvgIpc) is 3.24. The third kappa shape index (κ3) is 3.92. The maximum atomic E-state index is 13.2. The predicted molar refractivity (Wildman–Crippen MR) is 109 cm³/mol. The summed E-state index contributed by atoms with van der Waals surface area (Å²) in [6.07, 6.45) is 3.20. The molecule has 1 atom stereocenters. The van der Waals surface area contributed by atoms with Crippen LogP contribution in [0, 0.1) is 0 Å². The summed E-state index contributed by atoms with van der Waals surface area (Å²) in [6.45, 7) is 1.87. The lowest BCUT2D eigenvalue weighted by molar-refractivity contribution is -0.136. The quantitative estimate of drug-likeness (QED) is 0.838. The molecule has 152 valence electrons. The topological polar surface area (TPSA) is 81.1 Å². The summed E-state index contributed by atoms with van der Waals surface area (Å²) in [4.78, 5) is 29.5. The zero-order chi connectivity index (χ0) is 20.4. The van der Waals surface area contributed by atoms with Gasteiger partial charge in [-0.25, -0.2) is 0 Å². The van der Waals surface area contributed by atoms with Crippen molar-refractivity contribution in [3.63, 3.8) is 0 Å². The first kappa shape index (κ1) is 19.3. The Morgan fingerprint density at radius 3 is 2.24 bits per heavy atom. The molecular formula is C23H26N2O4. The van der Waals surface area contributed by atoms with Crippen LogP contribution in [0.5, 0.6) is 11.5 Å². The van der Waals surface area contributed by atoms with E-state index in [0.717, 1.165) is 19.3 Å². The third-order valence-corrected chi connectivity index (χ3v) is 6.10. The van der Waals surface area contributed by atoms with Crippen molar-refractivity contribution in [2.75, 3.05) is 19.6 Å². The number of piperidine rings is 1. The molecule has 2 heterocycles. The fourth-order valence-electron chi connectivity index (χ4n) is 4.47. The minimum atomic E-state index is -0.452. The first-order valence-corrected chi connectivity index (χ1v) is 10.2. The van der Waals surface area contributed by atoms with Crippen LogP contribution in [0.15, 0.2) is 48.5 Å². The highest BCUT2D eigenvalue weighted by molar-refractivity contribution is 5.99. The normalized spacial score (nSPS) is 20.1. The van der Waals surface area contributed by atoms with Gasteiger partial charge in [-0.05, 0) is 61.4 Å². The molecular weight excluding hydrogens is 368 g/mol. The lowest BCUT2D eigenvalue weighted by Gasteiger charge is -2.35. The Balaban J connectivity index is 1.41. The van der Waals surface area contributed by atoms with E-state index in [-0.39, 0.29) is 28.9 Å². The molecule has 2 fully saturated rings. The van der Waals surface area contributed by atoms with E-state index >= 15 is 0 Å². The molecule has 0 aromatic heterocycles. The van der Waals surface area contributed by atoms with E-state index in [1.54, 1.807) is 35.2 Å². The zero-order valence-corrected chi connectivity index (χ0v) is 16.3. The molecule has 2 aromatic rings. The highest BCUT2D eigenvalue weighted by Crippen LogP contribution is 2.31. The molecule has 0 saturated carbocycles. The van der Waals surface area contributed by atoms with E-state index in [9.17, 15) is 19.8 Å². The lowest BCUT2D eigenvalue weighted by atomic mass is 9.89. The van der Waals surface area contributed by atoms with Crippen LogP contribution in [-0.2, 0) is 4.79 Å². The predicted octanol–water partition coefficient (Wildman–Crippen LogP) is 3.11. The number of likely N-dealkylation sites (tertiary alicyclic amines) is 2. The van der Waals surface area contributed by atoms with Gasteiger partial charge < -0.3 is 20.0 Å². The summed E-state index contributed by atoms with van der Waals surface area (Å²) in [6, 6.07) is 13.3. The number of carbonyl (C=O) groups is 2. The van der Waals surface area contributed by atoms with Crippen molar-refractivity contribution in [1.29, 1.82) is 0 Å². The minimum absolute atomic E-state index is 0.00965. The van der Waals surface area contributed by atoms with E-state index in [0.29, 0.717) is 32.0 Å². The summed E-state index contributed by atoms with van der Waals surface area (Å²) in [5, 5.41) is 19.5. The SMILES string of the molecule is O=C([C@H]1CCCN1C(=O)c1ccccc1O)N1CCC(c2ccc(O)cc2)CC1. The number of phenolic OH excluding ortho intramolecular Hbond substituents is 2. The van der Waals surface area contributed by atoms with Gasteiger partial charge in [0.2, 0.25) is 5.91 Å². The summed E-state index contributed by atoms with van der Waals surface area (Å²) in [5.41, 5.74) is 1.44. The molecule has 4 rings (SSSR count). The van der Waals surface area contributed by atoms with E-state index in [1.165, 1.54) is 11.6 Å². The number of hydrogen-bond acceptors (Lipinski definition) is 4. The maximum Gasteiger partial charge on any atom is 0.258 e. The van der Waals surface area contributed by atoms with Crippen LogP contribution in [0.2, 0.25) is 0 Å². The maximum absolute atomic E-state index is 13.2. The van der Waals surface area contributed by atoms with Crippen molar-refractivity contribution in [1.82, 2.24) is 9.80 Å². The number of amides is 2. The Labute approximate surface area is 170 Å². The molecule has 2 aliphatic rings. The molecule has 0 radical (unpaired) electrons. The first-order chi connectivity index (χ1) is 14.0. The van der Waals surface area contributed by atoms with Gasteiger partial charge >= 0.3 is 0 Å². The molecule has 2 amide bonds. The largest absolute Gasteiger partial charge is 0.508 e. The lowest BCUT2D eigenvalue weighted by Crippen LogP contribution is -2.49. The first-order valence-electron chi connectivity index (χ1n) is 10.2. The molecule has 2 aromatic carbocycles. The molecule has 2 saturated heterocycles. The Morgan fingerprint density at radius 1 is 0.862 bits per heavy atom. The van der Waals surface area contributed by atoms with Crippen molar-refractivity contribution in [2.45, 2.75) is 37.6 Å². The van der Waals surface area contributed by atoms with Gasteiger partial charge in [-0.15, -0.1) is 0 Å². The fourth-order valence-corrected chi connectivity index (χ4v) is 4.47. The third-order valence-electron chi connectivity index (χ3n) is 6.10. The van der Waals surface area contributed by atoms with Crippen LogP contribution in [-0.4, -0.2) is 57.5 Å². The smallest absolute Gasteiger partial charge is 0.258 e. The minimum Gasteiger partial charge on any atom is -0.508 e. The number of carbonyl (C=O) groups excluding carboxylic acids is 2. The average molecular weight is 394 g/mol.